The molecule has 3 nitrogen and oxygen atoms in total. The summed E-state index contributed by atoms with van der Waals surface area (Å²) in [6, 6.07) is 13.1. The van der Waals surface area contributed by atoms with E-state index >= 15 is 0 Å². The zero-order valence-electron chi connectivity index (χ0n) is 12.1. The molecule has 0 radical (unpaired) electrons. The summed E-state index contributed by atoms with van der Waals surface area (Å²) in [5.41, 5.74) is 0. The van der Waals surface area contributed by atoms with Gasteiger partial charge in [-0.05, 0) is 45.6 Å². The van der Waals surface area contributed by atoms with Crippen LogP contribution < -0.4 is 10.1 Å². The highest BCUT2D eigenvalue weighted by Crippen LogP contribution is 2.33. The zero-order valence-corrected chi connectivity index (χ0v) is 13.7. The molecule has 0 saturated heterocycles. The number of halogens is 1. The molecule has 0 aromatic heterocycles. The van der Waals surface area contributed by atoms with Crippen LogP contribution in [0.4, 0.5) is 0 Å². The van der Waals surface area contributed by atoms with E-state index in [0.29, 0.717) is 12.6 Å². The van der Waals surface area contributed by atoms with Crippen LogP contribution in [-0.4, -0.2) is 32.4 Å². The Morgan fingerprint density at radius 3 is 2.81 bits per heavy atom. The monoisotopic (exact) mass is 349 g/mol. The van der Waals surface area contributed by atoms with Gasteiger partial charge in [0.05, 0.1) is 11.1 Å². The van der Waals surface area contributed by atoms with Crippen LogP contribution in [0.3, 0.4) is 0 Å². The molecule has 0 aliphatic heterocycles. The highest BCUT2D eigenvalue weighted by molar-refractivity contribution is 9.10. The average molecular weight is 350 g/mol. The maximum atomic E-state index is 6.14. The van der Waals surface area contributed by atoms with Crippen LogP contribution in [0.25, 0.3) is 10.8 Å². The number of hydrogen-bond acceptors (Lipinski definition) is 3. The second-order valence-electron chi connectivity index (χ2n) is 5.48. The van der Waals surface area contributed by atoms with Crippen LogP contribution in [0, 0.1) is 0 Å². The van der Waals surface area contributed by atoms with Crippen LogP contribution in [0.1, 0.15) is 12.8 Å². The smallest absolute Gasteiger partial charge is 0.134 e. The standard InChI is InChI=1S/C17H20BrNO2/c1-20-11-14(10-19-13-7-8-13)21-16-9-6-12-4-2-3-5-15(12)17(16)18/h2-6,9,13-14,19H,7-8,10-11H2,1H3. The fraction of sp³-hybridized carbons (Fsp3) is 0.412. The number of hydrogen-bond donors (Lipinski definition) is 1. The Morgan fingerprint density at radius 2 is 2.05 bits per heavy atom. The third-order valence-electron chi connectivity index (χ3n) is 3.69. The number of benzene rings is 2. The molecule has 1 aliphatic rings. The molecule has 4 heteroatoms. The quantitative estimate of drug-likeness (QED) is 0.825. The van der Waals surface area contributed by atoms with Crippen molar-refractivity contribution in [1.29, 1.82) is 0 Å². The largest absolute Gasteiger partial charge is 0.485 e. The lowest BCUT2D eigenvalue weighted by Gasteiger charge is -2.20. The number of fused-ring (bicyclic) bond motifs is 1. The van der Waals surface area contributed by atoms with Gasteiger partial charge in [0.2, 0.25) is 0 Å². The molecule has 1 N–H and O–H groups in total. The number of methoxy groups -OCH3 is 1. The molecule has 2 aromatic carbocycles. The van der Waals surface area contributed by atoms with Gasteiger partial charge >= 0.3 is 0 Å². The molecule has 0 amide bonds. The summed E-state index contributed by atoms with van der Waals surface area (Å²) in [5, 5.41) is 5.87. The molecule has 0 spiro atoms. The first-order valence-corrected chi connectivity index (χ1v) is 8.13. The first-order valence-electron chi connectivity index (χ1n) is 7.34. The maximum Gasteiger partial charge on any atom is 0.134 e. The molecule has 1 unspecified atom stereocenters. The van der Waals surface area contributed by atoms with Gasteiger partial charge in [0.25, 0.3) is 0 Å². The highest BCUT2D eigenvalue weighted by Gasteiger charge is 2.23. The SMILES string of the molecule is COCC(CNC1CC1)Oc1ccc2ccccc2c1Br. The van der Waals surface area contributed by atoms with E-state index in [1.54, 1.807) is 7.11 Å². The molecule has 112 valence electrons. The van der Waals surface area contributed by atoms with E-state index in [4.69, 9.17) is 9.47 Å². The predicted octanol–water partition coefficient (Wildman–Crippen LogP) is 3.75. The van der Waals surface area contributed by atoms with Crippen LogP contribution in [0.2, 0.25) is 0 Å². The molecular formula is C17H20BrNO2. The minimum absolute atomic E-state index is 0.0214. The lowest BCUT2D eigenvalue weighted by molar-refractivity contribution is 0.0800. The summed E-state index contributed by atoms with van der Waals surface area (Å²) < 4.78 is 12.4. The number of rotatable bonds is 7. The van der Waals surface area contributed by atoms with Gasteiger partial charge in [-0.3, -0.25) is 0 Å². The Kier molecular flexibility index (Phi) is 4.78. The molecule has 1 aliphatic carbocycles. The Morgan fingerprint density at radius 1 is 1.24 bits per heavy atom. The molecule has 0 heterocycles. The van der Waals surface area contributed by atoms with Crippen LogP contribution in [0.15, 0.2) is 40.9 Å². The van der Waals surface area contributed by atoms with Gasteiger partial charge in [-0.15, -0.1) is 0 Å². The Labute approximate surface area is 133 Å². The van der Waals surface area contributed by atoms with Gasteiger partial charge < -0.3 is 14.8 Å². The number of nitrogens with one attached hydrogen (secondary N) is 1. The van der Waals surface area contributed by atoms with E-state index in [9.17, 15) is 0 Å². The van der Waals surface area contributed by atoms with Gasteiger partial charge in [-0.25, -0.2) is 0 Å². The molecule has 3 rings (SSSR count). The zero-order chi connectivity index (χ0) is 14.7. The van der Waals surface area contributed by atoms with E-state index in [1.807, 2.05) is 18.2 Å². The van der Waals surface area contributed by atoms with Gasteiger partial charge in [-0.1, -0.05) is 30.3 Å². The summed E-state index contributed by atoms with van der Waals surface area (Å²) in [5.74, 6) is 0.869. The fourth-order valence-electron chi connectivity index (χ4n) is 2.39. The van der Waals surface area contributed by atoms with Crippen molar-refractivity contribution in [2.75, 3.05) is 20.3 Å². The van der Waals surface area contributed by atoms with Crippen LogP contribution in [-0.2, 0) is 4.74 Å². The number of ether oxygens (including phenoxy) is 2. The second kappa shape index (κ2) is 6.77. The summed E-state index contributed by atoms with van der Waals surface area (Å²) in [7, 11) is 1.71. The topological polar surface area (TPSA) is 30.5 Å². The van der Waals surface area contributed by atoms with Crippen LogP contribution in [0.5, 0.6) is 5.75 Å². The van der Waals surface area contributed by atoms with Crippen molar-refractivity contribution in [3.63, 3.8) is 0 Å². The first kappa shape index (κ1) is 14.8. The lowest BCUT2D eigenvalue weighted by Crippen LogP contribution is -2.36. The average Bonchev–Trinajstić information content (AvgIpc) is 3.32. The third kappa shape index (κ3) is 3.76. The molecule has 1 atom stereocenters. The molecule has 2 aromatic rings. The van der Waals surface area contributed by atoms with Crippen molar-refractivity contribution in [3.8, 4) is 5.75 Å². The molecule has 1 saturated carbocycles. The minimum atomic E-state index is 0.0214. The van der Waals surface area contributed by atoms with Gasteiger partial charge in [-0.2, -0.15) is 0 Å². The van der Waals surface area contributed by atoms with Gasteiger partial charge in [0.1, 0.15) is 11.9 Å². The Balaban J connectivity index is 1.75. The summed E-state index contributed by atoms with van der Waals surface area (Å²) >= 11 is 3.67. The van der Waals surface area contributed by atoms with Gasteiger partial charge in [0, 0.05) is 19.7 Å². The van der Waals surface area contributed by atoms with Crippen molar-refractivity contribution in [2.24, 2.45) is 0 Å². The molecule has 21 heavy (non-hydrogen) atoms. The van der Waals surface area contributed by atoms with E-state index in [1.165, 1.54) is 23.6 Å². The van der Waals surface area contributed by atoms with Crippen LogP contribution >= 0.6 is 15.9 Å². The summed E-state index contributed by atoms with van der Waals surface area (Å²) in [4.78, 5) is 0. The Hall–Kier alpha value is -1.10. The first-order chi connectivity index (χ1) is 10.3. The maximum absolute atomic E-state index is 6.14. The second-order valence-corrected chi connectivity index (χ2v) is 6.27. The van der Waals surface area contributed by atoms with E-state index < -0.39 is 0 Å². The Bertz CT molecular complexity index is 613. The fourth-order valence-corrected chi connectivity index (χ4v) is 2.98. The molecule has 0 bridgehead atoms. The lowest BCUT2D eigenvalue weighted by atomic mass is 10.1. The van der Waals surface area contributed by atoms with Gasteiger partial charge in [0.15, 0.2) is 0 Å². The van der Waals surface area contributed by atoms with E-state index in [-0.39, 0.29) is 6.10 Å². The van der Waals surface area contributed by atoms with Crippen molar-refractivity contribution in [2.45, 2.75) is 25.0 Å². The van der Waals surface area contributed by atoms with Crippen molar-refractivity contribution in [1.82, 2.24) is 5.32 Å². The minimum Gasteiger partial charge on any atom is -0.485 e. The van der Waals surface area contributed by atoms with Crippen molar-refractivity contribution < 1.29 is 9.47 Å². The van der Waals surface area contributed by atoms with Crippen molar-refractivity contribution >= 4 is 26.7 Å². The third-order valence-corrected chi connectivity index (χ3v) is 4.50. The predicted molar refractivity (Wildman–Crippen MR) is 89.0 cm³/mol. The summed E-state index contributed by atoms with van der Waals surface area (Å²) in [6.45, 7) is 1.40. The normalized spacial score (nSPS) is 16.1. The summed E-state index contributed by atoms with van der Waals surface area (Å²) in [6.07, 6.45) is 2.58. The van der Waals surface area contributed by atoms with Crippen molar-refractivity contribution in [3.05, 3.63) is 40.9 Å². The molecular weight excluding hydrogens is 330 g/mol. The van der Waals surface area contributed by atoms with E-state index in [2.05, 4.69) is 39.4 Å². The van der Waals surface area contributed by atoms with E-state index in [0.717, 1.165) is 16.8 Å². The highest BCUT2D eigenvalue weighted by atomic mass is 79.9. The molecule has 1 fully saturated rings.